The first kappa shape index (κ1) is 17.3. The normalized spacial score (nSPS) is 14.4. The summed E-state index contributed by atoms with van der Waals surface area (Å²) in [5, 5.41) is 7.89. The number of nitrogens with zero attached hydrogens (tertiary/aromatic N) is 1. The van der Waals surface area contributed by atoms with Crippen LogP contribution < -0.4 is 16.2 Å². The molecule has 1 saturated carbocycles. The molecule has 3 N–H and O–H groups in total. The number of anilines is 1. The van der Waals surface area contributed by atoms with Gasteiger partial charge in [0.15, 0.2) is 5.13 Å². The van der Waals surface area contributed by atoms with Gasteiger partial charge >= 0.3 is 0 Å². The Morgan fingerprint density at radius 2 is 2.12 bits per heavy atom. The van der Waals surface area contributed by atoms with Gasteiger partial charge in [-0.05, 0) is 31.4 Å². The zero-order valence-electron chi connectivity index (χ0n) is 13.7. The summed E-state index contributed by atoms with van der Waals surface area (Å²) >= 11 is 1.28. The molecule has 3 rings (SSSR count). The fourth-order valence-corrected chi connectivity index (χ4v) is 3.60. The summed E-state index contributed by atoms with van der Waals surface area (Å²) in [4.78, 5) is 42.4. The van der Waals surface area contributed by atoms with E-state index < -0.39 is 11.5 Å². The monoisotopic (exact) mass is 360 g/mol. The Morgan fingerprint density at radius 3 is 2.88 bits per heavy atom. The molecule has 0 aliphatic heterocycles. The Balaban J connectivity index is 1.50. The van der Waals surface area contributed by atoms with Gasteiger partial charge in [-0.2, -0.15) is 0 Å². The minimum absolute atomic E-state index is 0.0372. The summed E-state index contributed by atoms with van der Waals surface area (Å²) in [5.41, 5.74) is 0.347. The van der Waals surface area contributed by atoms with Gasteiger partial charge in [0.25, 0.3) is 11.5 Å². The van der Waals surface area contributed by atoms with E-state index in [0.717, 1.165) is 18.5 Å². The zero-order valence-corrected chi connectivity index (χ0v) is 14.5. The second kappa shape index (κ2) is 8.06. The van der Waals surface area contributed by atoms with Crippen LogP contribution >= 0.6 is 11.3 Å². The van der Waals surface area contributed by atoms with E-state index in [4.69, 9.17) is 0 Å². The molecule has 0 unspecified atom stereocenters. The average Bonchev–Trinajstić information content (AvgIpc) is 3.25. The lowest BCUT2D eigenvalue weighted by molar-refractivity contribution is -0.121. The number of H-pyrrole nitrogens is 1. The summed E-state index contributed by atoms with van der Waals surface area (Å²) in [6.45, 7) is 0. The number of hydrogen-bond donors (Lipinski definition) is 3. The van der Waals surface area contributed by atoms with Crippen molar-refractivity contribution in [2.24, 2.45) is 0 Å². The third-order valence-electron chi connectivity index (χ3n) is 4.16. The lowest BCUT2D eigenvalue weighted by atomic mass is 10.2. The second-order valence-corrected chi connectivity index (χ2v) is 6.92. The molecule has 0 bridgehead atoms. The molecule has 7 nitrogen and oxygen atoms in total. The van der Waals surface area contributed by atoms with Crippen molar-refractivity contribution in [1.29, 1.82) is 0 Å². The quantitative estimate of drug-likeness (QED) is 0.733. The lowest BCUT2D eigenvalue weighted by Crippen LogP contribution is -2.32. The van der Waals surface area contributed by atoms with Crippen molar-refractivity contribution in [1.82, 2.24) is 15.3 Å². The Morgan fingerprint density at radius 1 is 1.32 bits per heavy atom. The highest BCUT2D eigenvalue weighted by Gasteiger charge is 2.17. The van der Waals surface area contributed by atoms with E-state index in [1.807, 2.05) is 5.38 Å². The number of carbonyl (C=O) groups excluding carboxylic acids is 2. The summed E-state index contributed by atoms with van der Waals surface area (Å²) in [5.74, 6) is -0.456. The number of aromatic nitrogens is 2. The van der Waals surface area contributed by atoms with Crippen molar-refractivity contribution in [3.05, 3.63) is 45.3 Å². The molecular weight excluding hydrogens is 340 g/mol. The number of rotatable bonds is 6. The summed E-state index contributed by atoms with van der Waals surface area (Å²) < 4.78 is 0. The largest absolute Gasteiger partial charge is 0.353 e. The molecule has 2 aromatic rings. The molecule has 0 saturated heterocycles. The molecule has 25 heavy (non-hydrogen) atoms. The summed E-state index contributed by atoms with van der Waals surface area (Å²) in [7, 11) is 0. The van der Waals surface area contributed by atoms with Gasteiger partial charge in [0.1, 0.15) is 5.56 Å². The highest BCUT2D eigenvalue weighted by molar-refractivity contribution is 7.14. The van der Waals surface area contributed by atoms with E-state index in [9.17, 15) is 14.4 Å². The van der Waals surface area contributed by atoms with Gasteiger partial charge in [-0.1, -0.05) is 12.8 Å². The molecule has 0 aromatic carbocycles. The highest BCUT2D eigenvalue weighted by Crippen LogP contribution is 2.19. The van der Waals surface area contributed by atoms with Crippen LogP contribution in [0.15, 0.2) is 28.5 Å². The van der Waals surface area contributed by atoms with Gasteiger partial charge in [0, 0.05) is 24.0 Å². The molecule has 132 valence electrons. The van der Waals surface area contributed by atoms with Crippen LogP contribution in [0.5, 0.6) is 0 Å². The van der Waals surface area contributed by atoms with Gasteiger partial charge in [0.05, 0.1) is 5.69 Å². The number of nitrogens with one attached hydrogen (secondary N) is 3. The van der Waals surface area contributed by atoms with Gasteiger partial charge in [-0.15, -0.1) is 11.3 Å². The van der Waals surface area contributed by atoms with Crippen LogP contribution in [0.25, 0.3) is 0 Å². The Labute approximate surface area is 148 Å². The predicted molar refractivity (Wildman–Crippen MR) is 95.8 cm³/mol. The maximum atomic E-state index is 12.1. The molecule has 2 aromatic heterocycles. The van der Waals surface area contributed by atoms with Crippen molar-refractivity contribution < 1.29 is 9.59 Å². The molecule has 1 aliphatic rings. The number of aryl methyl sites for hydroxylation is 1. The van der Waals surface area contributed by atoms with Crippen molar-refractivity contribution in [3.8, 4) is 0 Å². The summed E-state index contributed by atoms with van der Waals surface area (Å²) in [6.07, 6.45) is 6.88. The first-order valence-corrected chi connectivity index (χ1v) is 9.22. The number of carbonyl (C=O) groups is 2. The van der Waals surface area contributed by atoms with E-state index in [-0.39, 0.29) is 11.5 Å². The van der Waals surface area contributed by atoms with Crippen LogP contribution in [0.2, 0.25) is 0 Å². The molecule has 0 spiro atoms. The molecular formula is C17H20N4O3S. The van der Waals surface area contributed by atoms with Crippen LogP contribution in [0, 0.1) is 0 Å². The smallest absolute Gasteiger partial charge is 0.263 e. The zero-order chi connectivity index (χ0) is 17.6. The van der Waals surface area contributed by atoms with Crippen LogP contribution in [-0.2, 0) is 11.2 Å². The number of hydrogen-bond acceptors (Lipinski definition) is 5. The topological polar surface area (TPSA) is 104 Å². The molecule has 8 heteroatoms. The van der Waals surface area contributed by atoms with Crippen LogP contribution in [0.3, 0.4) is 0 Å². The van der Waals surface area contributed by atoms with Crippen molar-refractivity contribution in [2.45, 2.75) is 44.6 Å². The Kier molecular flexibility index (Phi) is 5.60. The second-order valence-electron chi connectivity index (χ2n) is 6.06. The fourth-order valence-electron chi connectivity index (χ4n) is 2.86. The minimum atomic E-state index is -0.498. The number of amides is 2. The Hall–Kier alpha value is -2.48. The highest BCUT2D eigenvalue weighted by atomic mass is 32.1. The first-order valence-electron chi connectivity index (χ1n) is 8.34. The molecule has 1 fully saturated rings. The average molecular weight is 360 g/mol. The van der Waals surface area contributed by atoms with Crippen molar-refractivity contribution >= 4 is 28.3 Å². The van der Waals surface area contributed by atoms with E-state index in [0.29, 0.717) is 24.0 Å². The number of pyridine rings is 1. The third-order valence-corrected chi connectivity index (χ3v) is 4.97. The third kappa shape index (κ3) is 4.76. The van der Waals surface area contributed by atoms with Gasteiger partial charge < -0.3 is 10.3 Å². The van der Waals surface area contributed by atoms with Gasteiger partial charge in [0.2, 0.25) is 5.91 Å². The van der Waals surface area contributed by atoms with Crippen LogP contribution in [0.1, 0.15) is 48.2 Å². The maximum absolute atomic E-state index is 12.1. The Bertz CT molecular complexity index is 808. The van der Waals surface area contributed by atoms with E-state index >= 15 is 0 Å². The molecule has 0 atom stereocenters. The molecule has 1 aliphatic carbocycles. The van der Waals surface area contributed by atoms with Crippen LogP contribution in [0.4, 0.5) is 5.13 Å². The number of aromatic amines is 1. The van der Waals surface area contributed by atoms with E-state index in [1.165, 1.54) is 36.4 Å². The maximum Gasteiger partial charge on any atom is 0.263 e. The van der Waals surface area contributed by atoms with Crippen molar-refractivity contribution in [3.63, 3.8) is 0 Å². The fraction of sp³-hybridized carbons (Fsp3) is 0.412. The predicted octanol–water partition coefficient (Wildman–Crippen LogP) is 2.08. The molecule has 2 heterocycles. The van der Waals surface area contributed by atoms with Gasteiger partial charge in [-0.25, -0.2) is 4.98 Å². The van der Waals surface area contributed by atoms with E-state index in [2.05, 4.69) is 20.6 Å². The SMILES string of the molecule is O=C(CCc1csc(NC(=O)c2ccc[nH]c2=O)n1)NC1CCCC1. The lowest BCUT2D eigenvalue weighted by Gasteiger charge is -2.11. The molecule has 2 amide bonds. The standard InChI is InChI=1S/C17H20N4O3S/c22-14(19-11-4-1-2-5-11)8-7-12-10-25-17(20-12)21-16(24)13-6-3-9-18-15(13)23/h3,6,9-11H,1-2,4-5,7-8H2,(H,18,23)(H,19,22)(H,20,21,24). The number of thiazole rings is 1. The first-order chi connectivity index (χ1) is 12.1. The van der Waals surface area contributed by atoms with Crippen molar-refractivity contribution in [2.75, 3.05) is 5.32 Å². The summed E-state index contributed by atoms with van der Waals surface area (Å²) in [6, 6.07) is 3.37. The molecule has 0 radical (unpaired) electrons. The van der Waals surface area contributed by atoms with Gasteiger partial charge in [-0.3, -0.25) is 19.7 Å². The van der Waals surface area contributed by atoms with E-state index in [1.54, 1.807) is 6.07 Å². The van der Waals surface area contributed by atoms with Crippen LogP contribution in [-0.4, -0.2) is 27.8 Å². The minimum Gasteiger partial charge on any atom is -0.353 e.